The quantitative estimate of drug-likeness (QED) is 0.558. The van der Waals surface area contributed by atoms with Crippen LogP contribution in [-0.2, 0) is 0 Å². The zero-order valence-electron chi connectivity index (χ0n) is 17.1. The number of halogens is 2. The Morgan fingerprint density at radius 1 is 1.10 bits per heavy atom. The number of aromatic nitrogens is 4. The Hall–Kier alpha value is -2.23. The molecule has 5 rings (SSSR count). The van der Waals surface area contributed by atoms with Gasteiger partial charge in [0.15, 0.2) is 0 Å². The molecule has 0 bridgehead atoms. The van der Waals surface area contributed by atoms with Crippen LogP contribution in [0.1, 0.15) is 31.7 Å². The molecule has 0 unspecified atom stereocenters. The minimum absolute atomic E-state index is 0. The van der Waals surface area contributed by atoms with Gasteiger partial charge in [-0.3, -0.25) is 9.36 Å². The Bertz CT molecular complexity index is 1110. The van der Waals surface area contributed by atoms with Crippen molar-refractivity contribution < 1.29 is 0 Å². The highest BCUT2D eigenvalue weighted by Gasteiger charge is 2.22. The lowest BCUT2D eigenvalue weighted by molar-refractivity contribution is 0.514. The van der Waals surface area contributed by atoms with E-state index in [1.165, 1.54) is 0 Å². The van der Waals surface area contributed by atoms with E-state index >= 15 is 0 Å². The average Bonchev–Trinajstić information content (AvgIpc) is 3.30. The van der Waals surface area contributed by atoms with E-state index in [4.69, 9.17) is 4.98 Å². The molecule has 1 saturated heterocycles. The number of hydrogen-bond donors (Lipinski definition) is 2. The molecule has 1 saturated carbocycles. The summed E-state index contributed by atoms with van der Waals surface area (Å²) >= 11 is 3.40. The summed E-state index contributed by atoms with van der Waals surface area (Å²) in [6.45, 7) is 3.94. The maximum Gasteiger partial charge on any atom is 0.266 e. The van der Waals surface area contributed by atoms with Crippen molar-refractivity contribution in [3.8, 4) is 0 Å². The maximum absolute atomic E-state index is 12.8. The van der Waals surface area contributed by atoms with Crippen LogP contribution in [0.3, 0.4) is 0 Å². The Kier molecular flexibility index (Phi) is 6.74. The van der Waals surface area contributed by atoms with Crippen LogP contribution < -0.4 is 21.1 Å². The topological polar surface area (TPSA) is 88.0 Å². The molecular formula is C21H25BrClN7O. The van der Waals surface area contributed by atoms with E-state index in [0.717, 1.165) is 62.9 Å². The van der Waals surface area contributed by atoms with E-state index in [0.29, 0.717) is 21.9 Å². The molecule has 164 valence electrons. The van der Waals surface area contributed by atoms with Gasteiger partial charge < -0.3 is 15.5 Å². The highest BCUT2D eigenvalue weighted by molar-refractivity contribution is 9.10. The van der Waals surface area contributed by atoms with Crippen molar-refractivity contribution in [2.45, 2.75) is 31.7 Å². The lowest BCUT2D eigenvalue weighted by atomic mass is 10.2. The Morgan fingerprint density at radius 3 is 2.58 bits per heavy atom. The molecule has 2 aliphatic rings. The zero-order valence-corrected chi connectivity index (χ0v) is 19.5. The Morgan fingerprint density at radius 2 is 1.87 bits per heavy atom. The van der Waals surface area contributed by atoms with Crippen LogP contribution in [-0.4, -0.2) is 45.7 Å². The maximum atomic E-state index is 12.8. The molecule has 1 aliphatic carbocycles. The number of rotatable bonds is 4. The number of nitrogens with one attached hydrogen (secondary N) is 2. The van der Waals surface area contributed by atoms with Crippen molar-refractivity contribution >= 4 is 56.8 Å². The van der Waals surface area contributed by atoms with Crippen molar-refractivity contribution in [1.29, 1.82) is 0 Å². The molecule has 0 aromatic carbocycles. The smallest absolute Gasteiger partial charge is 0.266 e. The summed E-state index contributed by atoms with van der Waals surface area (Å²) in [4.78, 5) is 28.8. The molecule has 2 N–H and O–H groups in total. The summed E-state index contributed by atoms with van der Waals surface area (Å²) in [5.74, 6) is 1.12. The van der Waals surface area contributed by atoms with E-state index in [1.54, 1.807) is 12.3 Å². The fraction of sp³-hybridized carbons (Fsp3) is 0.429. The highest BCUT2D eigenvalue weighted by Crippen LogP contribution is 2.31. The molecule has 0 radical (unpaired) electrons. The molecule has 1 aliphatic heterocycles. The minimum atomic E-state index is -0.0300. The summed E-state index contributed by atoms with van der Waals surface area (Å²) in [5, 5.41) is 7.39. The standard InChI is InChI=1S/C21H24BrN7O.ClH/c22-17-11-14-12-25-21(27-19(14)29(20(17)30)15-3-1-2-4-15)26-18-6-5-16(13-24-18)28-9-7-23-8-10-28;/h5-6,11-13,15,23H,1-4,7-10H2,(H,24,25,26,27);1H. The van der Waals surface area contributed by atoms with Gasteiger partial charge in [-0.1, -0.05) is 12.8 Å². The first-order valence-corrected chi connectivity index (χ1v) is 11.2. The second-order valence-corrected chi connectivity index (χ2v) is 8.70. The van der Waals surface area contributed by atoms with Crippen LogP contribution in [0.5, 0.6) is 0 Å². The molecule has 3 aromatic rings. The van der Waals surface area contributed by atoms with Gasteiger partial charge >= 0.3 is 0 Å². The molecule has 10 heteroatoms. The molecule has 2 fully saturated rings. The molecular weight excluding hydrogens is 482 g/mol. The van der Waals surface area contributed by atoms with Gasteiger partial charge in [0.05, 0.1) is 16.4 Å². The number of pyridine rings is 2. The third kappa shape index (κ3) is 4.53. The molecule has 4 heterocycles. The van der Waals surface area contributed by atoms with Gasteiger partial charge in [0.2, 0.25) is 5.95 Å². The third-order valence-corrected chi connectivity index (χ3v) is 6.46. The van der Waals surface area contributed by atoms with E-state index in [1.807, 2.05) is 16.8 Å². The summed E-state index contributed by atoms with van der Waals surface area (Å²) in [6, 6.07) is 5.99. The SMILES string of the molecule is Cl.O=c1c(Br)cc2cnc(Nc3ccc(N4CCNCC4)cn3)nc2n1C1CCCC1. The lowest BCUT2D eigenvalue weighted by Crippen LogP contribution is -2.43. The van der Waals surface area contributed by atoms with Gasteiger partial charge in [-0.15, -0.1) is 12.4 Å². The Balaban J connectivity index is 0.00000231. The summed E-state index contributed by atoms with van der Waals surface area (Å²) < 4.78 is 2.39. The third-order valence-electron chi connectivity index (χ3n) is 5.89. The molecule has 0 spiro atoms. The average molecular weight is 507 g/mol. The number of piperazine rings is 1. The van der Waals surface area contributed by atoms with Gasteiger partial charge in [-0.2, -0.15) is 4.98 Å². The van der Waals surface area contributed by atoms with Crippen LogP contribution in [0.2, 0.25) is 0 Å². The van der Waals surface area contributed by atoms with E-state index in [2.05, 4.69) is 47.5 Å². The second-order valence-electron chi connectivity index (χ2n) is 7.84. The fourth-order valence-corrected chi connectivity index (χ4v) is 4.77. The first-order chi connectivity index (χ1) is 14.7. The van der Waals surface area contributed by atoms with Gasteiger partial charge in [-0.25, -0.2) is 9.97 Å². The highest BCUT2D eigenvalue weighted by atomic mass is 79.9. The normalized spacial score (nSPS) is 17.0. The second kappa shape index (κ2) is 9.50. The predicted molar refractivity (Wildman–Crippen MR) is 129 cm³/mol. The largest absolute Gasteiger partial charge is 0.368 e. The summed E-state index contributed by atoms with van der Waals surface area (Å²) in [6.07, 6.45) is 7.94. The van der Waals surface area contributed by atoms with Gasteiger partial charge in [-0.05, 0) is 47.0 Å². The lowest BCUT2D eigenvalue weighted by Gasteiger charge is -2.29. The van der Waals surface area contributed by atoms with Crippen LogP contribution in [0.15, 0.2) is 39.9 Å². The number of hydrogen-bond acceptors (Lipinski definition) is 7. The van der Waals surface area contributed by atoms with Gasteiger partial charge in [0, 0.05) is 43.8 Å². The molecule has 0 amide bonds. The first-order valence-electron chi connectivity index (χ1n) is 10.5. The van der Waals surface area contributed by atoms with E-state index in [9.17, 15) is 4.79 Å². The van der Waals surface area contributed by atoms with Crippen molar-refractivity contribution in [3.05, 3.63) is 45.4 Å². The van der Waals surface area contributed by atoms with Gasteiger partial charge in [0.1, 0.15) is 11.5 Å². The van der Waals surface area contributed by atoms with Crippen LogP contribution in [0, 0.1) is 0 Å². The van der Waals surface area contributed by atoms with Crippen molar-refractivity contribution in [2.75, 3.05) is 36.4 Å². The molecule has 0 atom stereocenters. The van der Waals surface area contributed by atoms with E-state index in [-0.39, 0.29) is 24.0 Å². The van der Waals surface area contributed by atoms with Crippen molar-refractivity contribution in [3.63, 3.8) is 0 Å². The number of fused-ring (bicyclic) bond motifs is 1. The van der Waals surface area contributed by atoms with Crippen LogP contribution in [0.4, 0.5) is 17.5 Å². The zero-order chi connectivity index (χ0) is 20.5. The number of anilines is 3. The first kappa shape index (κ1) is 22.0. The minimum Gasteiger partial charge on any atom is -0.368 e. The molecule has 8 nitrogen and oxygen atoms in total. The van der Waals surface area contributed by atoms with Crippen LogP contribution in [0.25, 0.3) is 11.0 Å². The summed E-state index contributed by atoms with van der Waals surface area (Å²) in [5.41, 5.74) is 1.75. The van der Waals surface area contributed by atoms with Crippen molar-refractivity contribution in [1.82, 2.24) is 24.8 Å². The predicted octanol–water partition coefficient (Wildman–Crippen LogP) is 3.64. The van der Waals surface area contributed by atoms with Crippen LogP contribution >= 0.6 is 28.3 Å². The Labute approximate surface area is 195 Å². The van der Waals surface area contributed by atoms with Gasteiger partial charge in [0.25, 0.3) is 5.56 Å². The van der Waals surface area contributed by atoms with Crippen molar-refractivity contribution in [2.24, 2.45) is 0 Å². The monoisotopic (exact) mass is 505 g/mol. The number of nitrogens with zero attached hydrogens (tertiary/aromatic N) is 5. The van der Waals surface area contributed by atoms with E-state index < -0.39 is 0 Å². The molecule has 3 aromatic heterocycles. The summed E-state index contributed by atoms with van der Waals surface area (Å²) in [7, 11) is 0. The molecule has 31 heavy (non-hydrogen) atoms. The fourth-order valence-electron chi connectivity index (χ4n) is 4.33.